The van der Waals surface area contributed by atoms with Gasteiger partial charge in [-0.05, 0) is 13.0 Å². The molecule has 1 aliphatic heterocycles. The van der Waals surface area contributed by atoms with Gasteiger partial charge in [0.1, 0.15) is 12.7 Å². The van der Waals surface area contributed by atoms with Crippen LogP contribution in [0.3, 0.4) is 0 Å². The average Bonchev–Trinajstić information content (AvgIpc) is 2.99. The number of aliphatic hydroxyl groups is 1. The number of nitrogens with zero attached hydrogens (tertiary/aromatic N) is 3. The number of anilines is 1. The zero-order chi connectivity index (χ0) is 14.9. The van der Waals surface area contributed by atoms with Crippen LogP contribution in [0.5, 0.6) is 5.88 Å². The lowest BCUT2D eigenvalue weighted by molar-refractivity contribution is 0.103. The monoisotopic (exact) mass is 316 g/mol. The molecule has 0 saturated carbocycles. The predicted octanol–water partition coefficient (Wildman–Crippen LogP) is 0.504. The van der Waals surface area contributed by atoms with Gasteiger partial charge >= 0.3 is 0 Å². The average molecular weight is 316 g/mol. The molecule has 0 radical (unpaired) electrons. The fourth-order valence-corrected chi connectivity index (χ4v) is 2.56. The first-order chi connectivity index (χ1) is 10.3. The standard InChI is InChI=1S/C13H24N4O3S/c1-2-3-4-14-9-11(18)10-20-13-12(15-21-16-13)17-5-7-19-8-6-17/h11,14,18H,2-10H2,1H3/t11-/m0/s1. The topological polar surface area (TPSA) is 79.7 Å². The van der Waals surface area contributed by atoms with Gasteiger partial charge in [0.2, 0.25) is 5.82 Å². The summed E-state index contributed by atoms with van der Waals surface area (Å²) in [7, 11) is 0. The van der Waals surface area contributed by atoms with Crippen LogP contribution in [0.1, 0.15) is 19.8 Å². The summed E-state index contributed by atoms with van der Waals surface area (Å²) >= 11 is 1.13. The number of hydrogen-bond donors (Lipinski definition) is 2. The zero-order valence-electron chi connectivity index (χ0n) is 12.5. The van der Waals surface area contributed by atoms with Crippen molar-refractivity contribution in [2.45, 2.75) is 25.9 Å². The van der Waals surface area contributed by atoms with Crippen molar-refractivity contribution < 1.29 is 14.6 Å². The first-order valence-corrected chi connectivity index (χ1v) is 8.21. The Morgan fingerprint density at radius 2 is 2.24 bits per heavy atom. The SMILES string of the molecule is CCCCNC[C@H](O)COc1nsnc1N1CCOCC1. The molecule has 1 aromatic heterocycles. The van der Waals surface area contributed by atoms with Crippen LogP contribution in [-0.2, 0) is 4.74 Å². The first-order valence-electron chi connectivity index (χ1n) is 7.48. The normalized spacial score (nSPS) is 17.0. The Kier molecular flexibility index (Phi) is 7.14. The van der Waals surface area contributed by atoms with E-state index in [2.05, 4.69) is 25.9 Å². The highest BCUT2D eigenvalue weighted by molar-refractivity contribution is 6.99. The van der Waals surface area contributed by atoms with Crippen molar-refractivity contribution >= 4 is 17.5 Å². The Balaban J connectivity index is 1.74. The summed E-state index contributed by atoms with van der Waals surface area (Å²) in [4.78, 5) is 2.11. The van der Waals surface area contributed by atoms with Gasteiger partial charge < -0.3 is 24.8 Å². The van der Waals surface area contributed by atoms with E-state index in [1.807, 2.05) is 0 Å². The number of aliphatic hydroxyl groups excluding tert-OH is 1. The molecular weight excluding hydrogens is 292 g/mol. The molecule has 8 heteroatoms. The number of nitrogens with one attached hydrogen (secondary N) is 1. The van der Waals surface area contributed by atoms with Crippen LogP contribution >= 0.6 is 11.7 Å². The molecule has 2 heterocycles. The van der Waals surface area contributed by atoms with Gasteiger partial charge in [-0.2, -0.15) is 4.37 Å². The van der Waals surface area contributed by atoms with E-state index in [1.54, 1.807) is 0 Å². The summed E-state index contributed by atoms with van der Waals surface area (Å²) in [5, 5.41) is 13.1. The number of morpholine rings is 1. The molecule has 1 aromatic rings. The van der Waals surface area contributed by atoms with E-state index in [-0.39, 0.29) is 6.61 Å². The lowest BCUT2D eigenvalue weighted by Gasteiger charge is -2.26. The van der Waals surface area contributed by atoms with Crippen molar-refractivity contribution in [2.75, 3.05) is 50.9 Å². The van der Waals surface area contributed by atoms with Crippen LogP contribution in [0.25, 0.3) is 0 Å². The van der Waals surface area contributed by atoms with Crippen LogP contribution in [0, 0.1) is 0 Å². The Bertz CT molecular complexity index is 399. The summed E-state index contributed by atoms with van der Waals surface area (Å²) in [6.07, 6.45) is 1.72. The predicted molar refractivity (Wildman–Crippen MR) is 82.2 cm³/mol. The van der Waals surface area contributed by atoms with Gasteiger partial charge in [-0.25, -0.2) is 0 Å². The molecule has 1 fully saturated rings. The molecule has 2 rings (SSSR count). The van der Waals surface area contributed by atoms with Crippen LogP contribution in [0.4, 0.5) is 5.82 Å². The lowest BCUT2D eigenvalue weighted by Crippen LogP contribution is -2.37. The highest BCUT2D eigenvalue weighted by atomic mass is 32.1. The van der Waals surface area contributed by atoms with Crippen molar-refractivity contribution in [3.8, 4) is 5.88 Å². The third kappa shape index (κ3) is 5.39. The number of aromatic nitrogens is 2. The molecule has 2 N–H and O–H groups in total. The Labute approximate surface area is 129 Å². The van der Waals surface area contributed by atoms with Crippen molar-refractivity contribution in [1.82, 2.24) is 14.1 Å². The first kappa shape index (κ1) is 16.4. The van der Waals surface area contributed by atoms with Gasteiger partial charge in [0.05, 0.1) is 24.9 Å². The van der Waals surface area contributed by atoms with Gasteiger partial charge in [-0.1, -0.05) is 13.3 Å². The second-order valence-electron chi connectivity index (χ2n) is 5.01. The summed E-state index contributed by atoms with van der Waals surface area (Å²) in [5.74, 6) is 1.27. The lowest BCUT2D eigenvalue weighted by atomic mass is 10.3. The van der Waals surface area contributed by atoms with Crippen molar-refractivity contribution in [3.63, 3.8) is 0 Å². The van der Waals surface area contributed by atoms with Crippen molar-refractivity contribution in [2.24, 2.45) is 0 Å². The molecule has 21 heavy (non-hydrogen) atoms. The van der Waals surface area contributed by atoms with Crippen LogP contribution in [0.15, 0.2) is 0 Å². The molecule has 0 amide bonds. The van der Waals surface area contributed by atoms with E-state index in [9.17, 15) is 5.11 Å². The van der Waals surface area contributed by atoms with Crippen LogP contribution in [-0.4, -0.2) is 66.0 Å². The van der Waals surface area contributed by atoms with Crippen LogP contribution in [0.2, 0.25) is 0 Å². The Hall–Kier alpha value is -0.960. The smallest absolute Gasteiger partial charge is 0.270 e. The maximum absolute atomic E-state index is 9.88. The van der Waals surface area contributed by atoms with E-state index < -0.39 is 6.10 Å². The quantitative estimate of drug-likeness (QED) is 0.642. The third-order valence-electron chi connectivity index (χ3n) is 3.25. The molecular formula is C13H24N4O3S. The number of rotatable bonds is 9. The molecule has 0 unspecified atom stereocenters. The summed E-state index contributed by atoms with van der Waals surface area (Å²) in [6.45, 7) is 6.80. The van der Waals surface area contributed by atoms with E-state index >= 15 is 0 Å². The zero-order valence-corrected chi connectivity index (χ0v) is 13.3. The minimum Gasteiger partial charge on any atom is -0.472 e. The molecule has 1 atom stereocenters. The van der Waals surface area contributed by atoms with Crippen molar-refractivity contribution in [1.29, 1.82) is 0 Å². The number of ether oxygens (including phenoxy) is 2. The summed E-state index contributed by atoms with van der Waals surface area (Å²) in [5.41, 5.74) is 0. The second kappa shape index (κ2) is 9.14. The van der Waals surface area contributed by atoms with Gasteiger partial charge in [0.25, 0.3) is 5.88 Å². The molecule has 1 saturated heterocycles. The molecule has 120 valence electrons. The molecule has 0 aromatic carbocycles. The fourth-order valence-electron chi connectivity index (χ4n) is 2.04. The van der Waals surface area contributed by atoms with Crippen LogP contribution < -0.4 is 15.0 Å². The van der Waals surface area contributed by atoms with Gasteiger partial charge in [0.15, 0.2) is 0 Å². The highest BCUT2D eigenvalue weighted by Gasteiger charge is 2.20. The third-order valence-corrected chi connectivity index (χ3v) is 3.75. The molecule has 0 spiro atoms. The molecule has 0 aliphatic carbocycles. The Morgan fingerprint density at radius 3 is 3.00 bits per heavy atom. The second-order valence-corrected chi connectivity index (χ2v) is 5.54. The maximum atomic E-state index is 9.88. The number of hydrogen-bond acceptors (Lipinski definition) is 8. The van der Waals surface area contributed by atoms with Crippen molar-refractivity contribution in [3.05, 3.63) is 0 Å². The highest BCUT2D eigenvalue weighted by Crippen LogP contribution is 2.26. The minimum absolute atomic E-state index is 0.224. The van der Waals surface area contributed by atoms with E-state index in [1.165, 1.54) is 0 Å². The minimum atomic E-state index is -0.541. The summed E-state index contributed by atoms with van der Waals surface area (Å²) in [6, 6.07) is 0. The molecule has 0 bridgehead atoms. The molecule has 7 nitrogen and oxygen atoms in total. The van der Waals surface area contributed by atoms with E-state index in [4.69, 9.17) is 9.47 Å². The fraction of sp³-hybridized carbons (Fsp3) is 0.846. The summed E-state index contributed by atoms with van der Waals surface area (Å²) < 4.78 is 19.4. The Morgan fingerprint density at radius 1 is 1.43 bits per heavy atom. The van der Waals surface area contributed by atoms with Gasteiger partial charge in [-0.3, -0.25) is 0 Å². The van der Waals surface area contributed by atoms with Gasteiger partial charge in [0, 0.05) is 19.6 Å². The molecule has 1 aliphatic rings. The largest absolute Gasteiger partial charge is 0.472 e. The number of unbranched alkanes of at least 4 members (excludes halogenated alkanes) is 1. The van der Waals surface area contributed by atoms with E-state index in [0.717, 1.165) is 50.0 Å². The maximum Gasteiger partial charge on any atom is 0.270 e. The van der Waals surface area contributed by atoms with E-state index in [0.29, 0.717) is 25.6 Å². The van der Waals surface area contributed by atoms with Gasteiger partial charge in [-0.15, -0.1) is 4.37 Å².